The summed E-state index contributed by atoms with van der Waals surface area (Å²) in [4.78, 5) is 25.9. The van der Waals surface area contributed by atoms with Crippen LogP contribution in [0.4, 0.5) is 5.69 Å². The minimum atomic E-state index is -0.245. The number of nitrogens with zero attached hydrogens (tertiary/aromatic N) is 1. The summed E-state index contributed by atoms with van der Waals surface area (Å²) in [6.45, 7) is 8.35. The van der Waals surface area contributed by atoms with Gasteiger partial charge in [0, 0.05) is 24.7 Å². The summed E-state index contributed by atoms with van der Waals surface area (Å²) in [5, 5.41) is 2.88. The fraction of sp³-hybridized carbons (Fsp3) is 0.500. The molecule has 0 aromatic heterocycles. The predicted octanol–water partition coefficient (Wildman–Crippen LogP) is 2.18. The van der Waals surface area contributed by atoms with E-state index < -0.39 is 0 Å². The zero-order chi connectivity index (χ0) is 14.9. The number of aryl methyl sites for hydroxylation is 2. The molecule has 0 radical (unpaired) electrons. The van der Waals surface area contributed by atoms with Gasteiger partial charge < -0.3 is 10.2 Å². The molecule has 20 heavy (non-hydrogen) atoms. The molecule has 0 saturated carbocycles. The summed E-state index contributed by atoms with van der Waals surface area (Å²) in [6, 6.07) is 6.17. The standard InChI is InChI=1S/C16H22N2O2/c1-10(2)17-16(20)13-8-15(19)18(9-13)14-6-11(3)5-12(4)7-14/h5-7,10,13H,8-9H2,1-4H3,(H,17,20)/t13-/m1/s1. The first-order valence-corrected chi connectivity index (χ1v) is 7.06. The third-order valence-electron chi connectivity index (χ3n) is 3.44. The number of anilines is 1. The molecule has 1 aliphatic rings. The van der Waals surface area contributed by atoms with Crippen molar-refractivity contribution in [3.05, 3.63) is 29.3 Å². The second-order valence-corrected chi connectivity index (χ2v) is 5.91. The zero-order valence-corrected chi connectivity index (χ0v) is 12.6. The minimum absolute atomic E-state index is 0.0268. The molecule has 1 aromatic rings. The van der Waals surface area contributed by atoms with Crippen molar-refractivity contribution in [1.29, 1.82) is 0 Å². The Labute approximate surface area is 120 Å². The molecule has 0 unspecified atom stereocenters. The van der Waals surface area contributed by atoms with E-state index in [0.717, 1.165) is 16.8 Å². The van der Waals surface area contributed by atoms with Crippen LogP contribution in [0.1, 0.15) is 31.4 Å². The van der Waals surface area contributed by atoms with Gasteiger partial charge in [-0.2, -0.15) is 0 Å². The number of benzene rings is 1. The molecule has 4 heteroatoms. The zero-order valence-electron chi connectivity index (χ0n) is 12.6. The molecule has 1 heterocycles. The highest BCUT2D eigenvalue weighted by Gasteiger charge is 2.35. The van der Waals surface area contributed by atoms with Crippen LogP contribution >= 0.6 is 0 Å². The highest BCUT2D eigenvalue weighted by Crippen LogP contribution is 2.27. The second-order valence-electron chi connectivity index (χ2n) is 5.91. The Bertz CT molecular complexity index is 517. The van der Waals surface area contributed by atoms with Gasteiger partial charge in [-0.25, -0.2) is 0 Å². The van der Waals surface area contributed by atoms with E-state index >= 15 is 0 Å². The Morgan fingerprint density at radius 3 is 2.40 bits per heavy atom. The van der Waals surface area contributed by atoms with E-state index in [4.69, 9.17) is 0 Å². The van der Waals surface area contributed by atoms with Crippen molar-refractivity contribution in [2.24, 2.45) is 5.92 Å². The first-order chi connectivity index (χ1) is 9.36. The number of rotatable bonds is 3. The summed E-state index contributed by atoms with van der Waals surface area (Å²) in [5.41, 5.74) is 3.15. The summed E-state index contributed by atoms with van der Waals surface area (Å²) in [5.74, 6) is -0.246. The SMILES string of the molecule is Cc1cc(C)cc(N2C[C@H](C(=O)NC(C)C)CC2=O)c1. The van der Waals surface area contributed by atoms with Gasteiger partial charge in [0.15, 0.2) is 0 Å². The Morgan fingerprint density at radius 1 is 1.25 bits per heavy atom. The van der Waals surface area contributed by atoms with E-state index in [1.165, 1.54) is 0 Å². The van der Waals surface area contributed by atoms with Gasteiger partial charge in [-0.15, -0.1) is 0 Å². The largest absolute Gasteiger partial charge is 0.354 e. The van der Waals surface area contributed by atoms with Crippen molar-refractivity contribution in [3.63, 3.8) is 0 Å². The molecule has 1 fully saturated rings. The molecular weight excluding hydrogens is 252 g/mol. The summed E-state index contributed by atoms with van der Waals surface area (Å²) in [7, 11) is 0. The molecule has 2 amide bonds. The highest BCUT2D eigenvalue weighted by molar-refractivity contribution is 6.00. The molecule has 1 aromatic carbocycles. The normalized spacial score (nSPS) is 18.8. The van der Waals surface area contributed by atoms with Crippen molar-refractivity contribution < 1.29 is 9.59 Å². The van der Waals surface area contributed by atoms with Crippen LogP contribution in [0.3, 0.4) is 0 Å². The minimum Gasteiger partial charge on any atom is -0.354 e. The molecule has 2 rings (SSSR count). The van der Waals surface area contributed by atoms with Crippen LogP contribution < -0.4 is 10.2 Å². The molecule has 1 atom stereocenters. The number of carbonyl (C=O) groups excluding carboxylic acids is 2. The third kappa shape index (κ3) is 3.18. The monoisotopic (exact) mass is 274 g/mol. The first kappa shape index (κ1) is 14.6. The fourth-order valence-corrected chi connectivity index (χ4v) is 2.64. The van der Waals surface area contributed by atoms with Crippen LogP contribution in [0.25, 0.3) is 0 Å². The van der Waals surface area contributed by atoms with E-state index in [1.54, 1.807) is 4.90 Å². The maximum absolute atomic E-state index is 12.1. The maximum atomic E-state index is 12.1. The summed E-state index contributed by atoms with van der Waals surface area (Å²) in [6.07, 6.45) is 0.297. The van der Waals surface area contributed by atoms with Gasteiger partial charge in [0.05, 0.1) is 5.92 Å². The maximum Gasteiger partial charge on any atom is 0.227 e. The third-order valence-corrected chi connectivity index (χ3v) is 3.44. The predicted molar refractivity (Wildman–Crippen MR) is 79.7 cm³/mol. The van der Waals surface area contributed by atoms with Gasteiger partial charge in [-0.3, -0.25) is 9.59 Å². The number of amides is 2. The van der Waals surface area contributed by atoms with Crippen molar-refractivity contribution in [2.75, 3.05) is 11.4 Å². The lowest BCUT2D eigenvalue weighted by atomic mass is 10.1. The van der Waals surface area contributed by atoms with E-state index in [2.05, 4.69) is 11.4 Å². The number of carbonyl (C=O) groups is 2. The number of hydrogen-bond donors (Lipinski definition) is 1. The average molecular weight is 274 g/mol. The Morgan fingerprint density at radius 2 is 1.85 bits per heavy atom. The quantitative estimate of drug-likeness (QED) is 0.918. The topological polar surface area (TPSA) is 49.4 Å². The van der Waals surface area contributed by atoms with Gasteiger partial charge in [-0.05, 0) is 51.0 Å². The molecule has 1 N–H and O–H groups in total. The average Bonchev–Trinajstić information content (AvgIpc) is 2.69. The van der Waals surface area contributed by atoms with Crippen LogP contribution in [0.2, 0.25) is 0 Å². The lowest BCUT2D eigenvalue weighted by molar-refractivity contribution is -0.126. The van der Waals surface area contributed by atoms with Crippen LogP contribution in [0.5, 0.6) is 0 Å². The molecule has 1 aliphatic heterocycles. The second kappa shape index (κ2) is 5.65. The van der Waals surface area contributed by atoms with Crippen LogP contribution in [0.15, 0.2) is 18.2 Å². The van der Waals surface area contributed by atoms with E-state index in [-0.39, 0.29) is 23.8 Å². The van der Waals surface area contributed by atoms with Crippen LogP contribution in [-0.4, -0.2) is 24.4 Å². The van der Waals surface area contributed by atoms with Gasteiger partial charge in [0.1, 0.15) is 0 Å². The summed E-state index contributed by atoms with van der Waals surface area (Å²) < 4.78 is 0. The number of hydrogen-bond acceptors (Lipinski definition) is 2. The van der Waals surface area contributed by atoms with Gasteiger partial charge in [0.25, 0.3) is 0 Å². The molecule has 4 nitrogen and oxygen atoms in total. The van der Waals surface area contributed by atoms with Gasteiger partial charge in [0.2, 0.25) is 11.8 Å². The van der Waals surface area contributed by atoms with Crippen molar-refractivity contribution in [2.45, 2.75) is 40.2 Å². The molecule has 108 valence electrons. The van der Waals surface area contributed by atoms with Crippen molar-refractivity contribution >= 4 is 17.5 Å². The van der Waals surface area contributed by atoms with E-state index in [0.29, 0.717) is 13.0 Å². The summed E-state index contributed by atoms with van der Waals surface area (Å²) >= 11 is 0. The Hall–Kier alpha value is -1.84. The fourth-order valence-electron chi connectivity index (χ4n) is 2.64. The van der Waals surface area contributed by atoms with Gasteiger partial charge >= 0.3 is 0 Å². The van der Waals surface area contributed by atoms with Crippen LogP contribution in [0, 0.1) is 19.8 Å². The smallest absolute Gasteiger partial charge is 0.227 e. The lowest BCUT2D eigenvalue weighted by Crippen LogP contribution is -2.36. The molecule has 0 aliphatic carbocycles. The Balaban J connectivity index is 2.15. The van der Waals surface area contributed by atoms with Crippen molar-refractivity contribution in [1.82, 2.24) is 5.32 Å². The van der Waals surface area contributed by atoms with Crippen molar-refractivity contribution in [3.8, 4) is 0 Å². The first-order valence-electron chi connectivity index (χ1n) is 7.06. The molecular formula is C16H22N2O2. The van der Waals surface area contributed by atoms with Gasteiger partial charge in [-0.1, -0.05) is 6.07 Å². The lowest BCUT2D eigenvalue weighted by Gasteiger charge is -2.18. The van der Waals surface area contributed by atoms with E-state index in [9.17, 15) is 9.59 Å². The number of nitrogens with one attached hydrogen (secondary N) is 1. The molecule has 0 bridgehead atoms. The highest BCUT2D eigenvalue weighted by atomic mass is 16.2. The molecule has 1 saturated heterocycles. The van der Waals surface area contributed by atoms with Crippen LogP contribution in [-0.2, 0) is 9.59 Å². The Kier molecular flexibility index (Phi) is 4.12. The van der Waals surface area contributed by atoms with E-state index in [1.807, 2.05) is 39.8 Å². The molecule has 0 spiro atoms.